The molecule has 114 valence electrons. The molecule has 0 spiro atoms. The highest BCUT2D eigenvalue weighted by Gasteiger charge is 2.34. The normalized spacial score (nSPS) is 21.4. The molecule has 2 unspecified atom stereocenters. The first-order valence-corrected chi connectivity index (χ1v) is 7.22. The second kappa shape index (κ2) is 6.30. The van der Waals surface area contributed by atoms with Crippen molar-refractivity contribution in [1.82, 2.24) is 4.90 Å². The Bertz CT molecular complexity index is 564. The molecule has 1 saturated heterocycles. The van der Waals surface area contributed by atoms with Crippen LogP contribution in [0, 0.1) is 16.0 Å². The van der Waals surface area contributed by atoms with Crippen molar-refractivity contribution >= 4 is 23.2 Å². The van der Waals surface area contributed by atoms with Crippen LogP contribution in [0.1, 0.15) is 23.7 Å². The summed E-state index contributed by atoms with van der Waals surface area (Å²) in [4.78, 5) is 24.7. The Balaban J connectivity index is 2.31. The number of nitro benzene ring substituents is 1. The van der Waals surface area contributed by atoms with Gasteiger partial charge in [-0.2, -0.15) is 0 Å². The second-order valence-corrected chi connectivity index (χ2v) is 5.44. The number of halogens is 1. The molecule has 0 bridgehead atoms. The van der Waals surface area contributed by atoms with E-state index in [1.165, 1.54) is 19.2 Å². The highest BCUT2D eigenvalue weighted by Crippen LogP contribution is 2.30. The van der Waals surface area contributed by atoms with Crippen molar-refractivity contribution in [3.8, 4) is 5.75 Å². The largest absolute Gasteiger partial charge is 0.490 e. The minimum absolute atomic E-state index is 0.0275. The van der Waals surface area contributed by atoms with Crippen LogP contribution in [0.3, 0.4) is 0 Å². The van der Waals surface area contributed by atoms with E-state index in [-0.39, 0.29) is 28.9 Å². The van der Waals surface area contributed by atoms with E-state index in [2.05, 4.69) is 6.92 Å². The minimum Gasteiger partial charge on any atom is -0.490 e. The number of rotatable bonds is 4. The minimum atomic E-state index is -0.554. The molecule has 0 radical (unpaired) electrons. The van der Waals surface area contributed by atoms with Gasteiger partial charge < -0.3 is 9.64 Å². The SMILES string of the molecule is COc1ccc(C(=O)N2CCC(C)C2CCl)cc1[N+](=O)[O-]. The van der Waals surface area contributed by atoms with Gasteiger partial charge in [-0.3, -0.25) is 14.9 Å². The Morgan fingerprint density at radius 3 is 2.86 bits per heavy atom. The first-order valence-electron chi connectivity index (χ1n) is 6.69. The van der Waals surface area contributed by atoms with Gasteiger partial charge in [-0.1, -0.05) is 6.92 Å². The third-order valence-corrected chi connectivity index (χ3v) is 4.24. The number of likely N-dealkylation sites (tertiary alicyclic amines) is 1. The first kappa shape index (κ1) is 15.6. The van der Waals surface area contributed by atoms with E-state index in [4.69, 9.17) is 16.3 Å². The van der Waals surface area contributed by atoms with Crippen molar-refractivity contribution in [1.29, 1.82) is 0 Å². The number of alkyl halides is 1. The molecule has 0 aliphatic carbocycles. The van der Waals surface area contributed by atoms with Gasteiger partial charge in [0.2, 0.25) is 0 Å². The topological polar surface area (TPSA) is 72.7 Å². The lowest BCUT2D eigenvalue weighted by Gasteiger charge is -2.25. The molecule has 0 aromatic heterocycles. The Morgan fingerprint density at radius 2 is 2.29 bits per heavy atom. The molecule has 1 aliphatic heterocycles. The summed E-state index contributed by atoms with van der Waals surface area (Å²) in [5.74, 6) is 0.612. The predicted molar refractivity (Wildman–Crippen MR) is 79.0 cm³/mol. The number of carbonyl (C=O) groups excluding carboxylic acids is 1. The van der Waals surface area contributed by atoms with Gasteiger partial charge in [0.25, 0.3) is 5.91 Å². The molecule has 2 atom stereocenters. The number of nitrogens with zero attached hydrogens (tertiary/aromatic N) is 2. The number of benzene rings is 1. The van der Waals surface area contributed by atoms with Crippen molar-refractivity contribution in [2.75, 3.05) is 19.5 Å². The summed E-state index contributed by atoms with van der Waals surface area (Å²) < 4.78 is 4.94. The third-order valence-electron chi connectivity index (χ3n) is 3.92. The molecule has 21 heavy (non-hydrogen) atoms. The van der Waals surface area contributed by atoms with E-state index in [0.717, 1.165) is 6.42 Å². The van der Waals surface area contributed by atoms with Gasteiger partial charge in [0, 0.05) is 30.1 Å². The van der Waals surface area contributed by atoms with Crippen LogP contribution in [0.4, 0.5) is 5.69 Å². The van der Waals surface area contributed by atoms with Crippen molar-refractivity contribution in [2.24, 2.45) is 5.92 Å². The average Bonchev–Trinajstić information content (AvgIpc) is 2.86. The highest BCUT2D eigenvalue weighted by atomic mass is 35.5. The Hall–Kier alpha value is -1.82. The zero-order valence-electron chi connectivity index (χ0n) is 11.9. The molecular formula is C14H17ClN2O4. The van der Waals surface area contributed by atoms with Crippen LogP contribution in [0.2, 0.25) is 0 Å². The molecule has 1 aromatic carbocycles. The van der Waals surface area contributed by atoms with Gasteiger partial charge in [0.1, 0.15) is 0 Å². The smallest absolute Gasteiger partial charge is 0.311 e. The molecule has 0 N–H and O–H groups in total. The zero-order chi connectivity index (χ0) is 15.6. The molecule has 7 heteroatoms. The van der Waals surface area contributed by atoms with Crippen LogP contribution in [-0.2, 0) is 0 Å². The predicted octanol–water partition coefficient (Wildman–Crippen LogP) is 2.69. The van der Waals surface area contributed by atoms with Crippen molar-refractivity contribution < 1.29 is 14.5 Å². The Kier molecular flexibility index (Phi) is 4.67. The summed E-state index contributed by atoms with van der Waals surface area (Å²) in [6, 6.07) is 4.22. The Morgan fingerprint density at radius 1 is 1.57 bits per heavy atom. The third kappa shape index (κ3) is 2.95. The maximum atomic E-state index is 12.5. The maximum Gasteiger partial charge on any atom is 0.311 e. The molecule has 0 saturated carbocycles. The van der Waals surface area contributed by atoms with Crippen molar-refractivity contribution in [2.45, 2.75) is 19.4 Å². The molecule has 1 amide bonds. The number of methoxy groups -OCH3 is 1. The van der Waals surface area contributed by atoms with Crippen LogP contribution < -0.4 is 4.74 Å². The van der Waals surface area contributed by atoms with Gasteiger partial charge in [0.15, 0.2) is 5.75 Å². The fourth-order valence-electron chi connectivity index (χ4n) is 2.63. The molecule has 2 rings (SSSR count). The number of amides is 1. The van der Waals surface area contributed by atoms with Crippen LogP contribution in [0.25, 0.3) is 0 Å². The number of nitro groups is 1. The number of ether oxygens (including phenoxy) is 1. The zero-order valence-corrected chi connectivity index (χ0v) is 12.7. The lowest BCUT2D eigenvalue weighted by atomic mass is 10.0. The van der Waals surface area contributed by atoms with Crippen molar-refractivity contribution in [3.63, 3.8) is 0 Å². The van der Waals surface area contributed by atoms with Crippen LogP contribution in [0.5, 0.6) is 5.75 Å². The summed E-state index contributed by atoms with van der Waals surface area (Å²) in [5, 5.41) is 11.0. The van der Waals surface area contributed by atoms with Gasteiger partial charge >= 0.3 is 5.69 Å². The average molecular weight is 313 g/mol. The van der Waals surface area contributed by atoms with E-state index in [1.807, 2.05) is 0 Å². The van der Waals surface area contributed by atoms with Gasteiger partial charge in [0.05, 0.1) is 12.0 Å². The van der Waals surface area contributed by atoms with Gasteiger partial charge in [-0.05, 0) is 24.5 Å². The molecular weight excluding hydrogens is 296 g/mol. The fourth-order valence-corrected chi connectivity index (χ4v) is 3.10. The van der Waals surface area contributed by atoms with E-state index in [9.17, 15) is 14.9 Å². The van der Waals surface area contributed by atoms with E-state index >= 15 is 0 Å². The molecule has 1 aliphatic rings. The lowest BCUT2D eigenvalue weighted by Crippen LogP contribution is -2.38. The monoisotopic (exact) mass is 312 g/mol. The number of carbonyl (C=O) groups is 1. The van der Waals surface area contributed by atoms with Crippen molar-refractivity contribution in [3.05, 3.63) is 33.9 Å². The van der Waals surface area contributed by atoms with Crippen LogP contribution in [-0.4, -0.2) is 41.3 Å². The first-order chi connectivity index (χ1) is 9.99. The quantitative estimate of drug-likeness (QED) is 0.487. The summed E-state index contributed by atoms with van der Waals surface area (Å²) in [6.07, 6.45) is 0.890. The van der Waals surface area contributed by atoms with E-state index in [1.54, 1.807) is 11.0 Å². The highest BCUT2D eigenvalue weighted by molar-refractivity contribution is 6.18. The van der Waals surface area contributed by atoms with Gasteiger partial charge in [-0.25, -0.2) is 0 Å². The summed E-state index contributed by atoms with van der Waals surface area (Å²) in [5.41, 5.74) is 0.0738. The van der Waals surface area contributed by atoms with Gasteiger partial charge in [-0.15, -0.1) is 11.6 Å². The summed E-state index contributed by atoms with van der Waals surface area (Å²) in [7, 11) is 1.36. The van der Waals surface area contributed by atoms with E-state index in [0.29, 0.717) is 18.3 Å². The molecule has 1 heterocycles. The standard InChI is InChI=1S/C14H17ClN2O4/c1-9-5-6-16(12(9)8-15)14(18)10-3-4-13(21-2)11(7-10)17(19)20/h3-4,7,9,12H,5-6,8H2,1-2H3. The van der Waals surface area contributed by atoms with E-state index < -0.39 is 4.92 Å². The maximum absolute atomic E-state index is 12.5. The van der Waals surface area contributed by atoms with Crippen LogP contribution in [0.15, 0.2) is 18.2 Å². The molecule has 1 fully saturated rings. The number of hydrogen-bond donors (Lipinski definition) is 0. The number of hydrogen-bond acceptors (Lipinski definition) is 4. The lowest BCUT2D eigenvalue weighted by molar-refractivity contribution is -0.385. The molecule has 1 aromatic rings. The molecule has 6 nitrogen and oxygen atoms in total. The summed E-state index contributed by atoms with van der Waals surface area (Å²) in [6.45, 7) is 2.67. The summed E-state index contributed by atoms with van der Waals surface area (Å²) >= 11 is 5.94. The second-order valence-electron chi connectivity index (χ2n) is 5.13. The fraction of sp³-hybridized carbons (Fsp3) is 0.500. The van der Waals surface area contributed by atoms with Crippen LogP contribution >= 0.6 is 11.6 Å². The Labute approximate surface area is 127 Å².